The summed E-state index contributed by atoms with van der Waals surface area (Å²) in [5.74, 6) is 1.50. The molecular formula is C17H27N7O3S. The molecule has 3 heterocycles. The molecule has 3 N–H and O–H groups in total. The van der Waals surface area contributed by atoms with Gasteiger partial charge in [-0.2, -0.15) is 9.97 Å². The zero-order valence-corrected chi connectivity index (χ0v) is 17.0. The fourth-order valence-electron chi connectivity index (χ4n) is 3.66. The molecule has 2 fully saturated rings. The number of hydrogen-bond donors (Lipinski definition) is 3. The molecule has 0 amide bonds. The zero-order chi connectivity index (χ0) is 19.9. The summed E-state index contributed by atoms with van der Waals surface area (Å²) in [4.78, 5) is 13.7. The average Bonchev–Trinajstić information content (AvgIpc) is 3.22. The molecule has 1 aliphatic heterocycles. The molecule has 0 radical (unpaired) electrons. The Bertz CT molecular complexity index is 957. The molecule has 2 atom stereocenters. The molecule has 0 aromatic carbocycles. The molecule has 4 rings (SSSR count). The van der Waals surface area contributed by atoms with Crippen molar-refractivity contribution in [3.8, 4) is 0 Å². The number of sulfonamides is 1. The number of nitrogens with zero attached hydrogens (tertiary/aromatic N) is 5. The van der Waals surface area contributed by atoms with Gasteiger partial charge in [0.05, 0.1) is 25.2 Å². The van der Waals surface area contributed by atoms with Crippen molar-refractivity contribution in [3.05, 3.63) is 6.33 Å². The molecule has 28 heavy (non-hydrogen) atoms. The number of aromatic nitrogens is 4. The lowest BCUT2D eigenvalue weighted by atomic mass is 10.2. The minimum absolute atomic E-state index is 0.0355. The number of rotatable bonds is 8. The number of nitrogens with one attached hydrogen (secondary N) is 2. The van der Waals surface area contributed by atoms with Gasteiger partial charge in [0.2, 0.25) is 16.0 Å². The SMILES string of the molecule is CCn1cnc2c(N[C@H]3CCN(S(C)(=O)=O)C3)nc(N[C@@H](CO)C3CC3)nc21. The average molecular weight is 410 g/mol. The van der Waals surface area contributed by atoms with Gasteiger partial charge >= 0.3 is 0 Å². The summed E-state index contributed by atoms with van der Waals surface area (Å²) in [5, 5.41) is 16.3. The molecule has 2 aromatic rings. The quantitative estimate of drug-likeness (QED) is 0.575. The molecule has 1 saturated carbocycles. The Kier molecular flexibility index (Phi) is 5.15. The Morgan fingerprint density at radius 2 is 2.11 bits per heavy atom. The highest BCUT2D eigenvalue weighted by atomic mass is 32.2. The third kappa shape index (κ3) is 3.91. The zero-order valence-electron chi connectivity index (χ0n) is 16.2. The van der Waals surface area contributed by atoms with E-state index in [2.05, 4.69) is 25.6 Å². The van der Waals surface area contributed by atoms with Gasteiger partial charge in [-0.3, -0.25) is 0 Å². The maximum atomic E-state index is 11.8. The van der Waals surface area contributed by atoms with Gasteiger partial charge in [-0.1, -0.05) is 0 Å². The Morgan fingerprint density at radius 1 is 1.32 bits per heavy atom. The second kappa shape index (κ2) is 7.45. The molecular weight excluding hydrogens is 382 g/mol. The van der Waals surface area contributed by atoms with Crippen LogP contribution in [-0.2, 0) is 16.6 Å². The second-order valence-corrected chi connectivity index (χ2v) is 9.60. The summed E-state index contributed by atoms with van der Waals surface area (Å²) >= 11 is 0. The second-order valence-electron chi connectivity index (χ2n) is 7.62. The van der Waals surface area contributed by atoms with Crippen molar-refractivity contribution in [2.75, 3.05) is 36.6 Å². The van der Waals surface area contributed by atoms with Crippen molar-refractivity contribution in [2.24, 2.45) is 5.92 Å². The predicted molar refractivity (Wildman–Crippen MR) is 107 cm³/mol. The lowest BCUT2D eigenvalue weighted by Gasteiger charge is -2.18. The van der Waals surface area contributed by atoms with E-state index in [0.29, 0.717) is 48.4 Å². The minimum atomic E-state index is -3.20. The van der Waals surface area contributed by atoms with Crippen LogP contribution in [-0.4, -0.2) is 75.4 Å². The smallest absolute Gasteiger partial charge is 0.227 e. The van der Waals surface area contributed by atoms with Gasteiger partial charge in [-0.05, 0) is 32.1 Å². The maximum absolute atomic E-state index is 11.8. The molecule has 2 aliphatic rings. The molecule has 2 aromatic heterocycles. The Balaban J connectivity index is 1.61. The van der Waals surface area contributed by atoms with Crippen LogP contribution in [0.1, 0.15) is 26.2 Å². The summed E-state index contributed by atoms with van der Waals surface area (Å²) in [6.07, 6.45) is 5.87. The first kappa shape index (κ1) is 19.3. The summed E-state index contributed by atoms with van der Waals surface area (Å²) in [5.41, 5.74) is 1.38. The first-order chi connectivity index (χ1) is 13.4. The van der Waals surface area contributed by atoms with Gasteiger partial charge in [0.1, 0.15) is 0 Å². The van der Waals surface area contributed by atoms with Gasteiger partial charge in [0.15, 0.2) is 17.0 Å². The number of aliphatic hydroxyl groups is 1. The number of anilines is 2. The number of fused-ring (bicyclic) bond motifs is 1. The Hall–Kier alpha value is -1.98. The van der Waals surface area contributed by atoms with Crippen LogP contribution in [0.25, 0.3) is 11.2 Å². The summed E-state index contributed by atoms with van der Waals surface area (Å²) in [6, 6.07) is -0.0972. The highest BCUT2D eigenvalue weighted by Gasteiger charge is 2.32. The van der Waals surface area contributed by atoms with Crippen molar-refractivity contribution < 1.29 is 13.5 Å². The van der Waals surface area contributed by atoms with Crippen molar-refractivity contribution in [2.45, 2.75) is 44.8 Å². The molecule has 0 bridgehead atoms. The summed E-state index contributed by atoms with van der Waals surface area (Å²) in [7, 11) is -3.20. The standard InChI is InChI=1S/C17H27N7O3S/c1-3-23-10-18-14-15(19-12-6-7-24(8-12)28(2,26)27)21-17(22-16(14)23)20-13(9-25)11-4-5-11/h10-13,25H,3-9H2,1-2H3,(H2,19,20,21,22)/t12-,13-/m0/s1. The van der Waals surface area contributed by atoms with E-state index in [1.54, 1.807) is 6.33 Å². The molecule has 11 heteroatoms. The Morgan fingerprint density at radius 3 is 2.71 bits per heavy atom. The lowest BCUT2D eigenvalue weighted by molar-refractivity contribution is 0.263. The largest absolute Gasteiger partial charge is 0.394 e. The van der Waals surface area contributed by atoms with E-state index in [-0.39, 0.29) is 18.7 Å². The molecule has 154 valence electrons. The van der Waals surface area contributed by atoms with Gasteiger partial charge in [0, 0.05) is 25.7 Å². The van der Waals surface area contributed by atoms with Crippen LogP contribution in [0.2, 0.25) is 0 Å². The van der Waals surface area contributed by atoms with E-state index in [1.807, 2.05) is 11.5 Å². The highest BCUT2D eigenvalue weighted by Crippen LogP contribution is 2.34. The summed E-state index contributed by atoms with van der Waals surface area (Å²) < 4.78 is 27.0. The van der Waals surface area contributed by atoms with Crippen LogP contribution in [0.4, 0.5) is 11.8 Å². The van der Waals surface area contributed by atoms with Gasteiger partial charge in [-0.15, -0.1) is 0 Å². The summed E-state index contributed by atoms with van der Waals surface area (Å²) in [6.45, 7) is 3.68. The van der Waals surface area contributed by atoms with Crippen molar-refractivity contribution in [1.29, 1.82) is 0 Å². The van der Waals surface area contributed by atoms with Crippen molar-refractivity contribution in [1.82, 2.24) is 23.8 Å². The number of aliphatic hydroxyl groups excluding tert-OH is 1. The van der Waals surface area contributed by atoms with E-state index >= 15 is 0 Å². The minimum Gasteiger partial charge on any atom is -0.394 e. The van der Waals surface area contributed by atoms with E-state index in [1.165, 1.54) is 10.6 Å². The Labute approximate surface area is 164 Å². The third-order valence-corrected chi connectivity index (χ3v) is 6.74. The lowest BCUT2D eigenvalue weighted by Crippen LogP contribution is -2.31. The fourth-order valence-corrected chi connectivity index (χ4v) is 4.55. The van der Waals surface area contributed by atoms with Crippen LogP contribution in [0.3, 0.4) is 0 Å². The van der Waals surface area contributed by atoms with Crippen LogP contribution in [0, 0.1) is 5.92 Å². The van der Waals surface area contributed by atoms with Crippen molar-refractivity contribution >= 4 is 33.0 Å². The van der Waals surface area contributed by atoms with Crippen molar-refractivity contribution in [3.63, 3.8) is 0 Å². The number of imidazole rings is 1. The van der Waals surface area contributed by atoms with E-state index in [0.717, 1.165) is 19.4 Å². The van der Waals surface area contributed by atoms with Gasteiger partial charge in [0.25, 0.3) is 0 Å². The molecule has 0 spiro atoms. The maximum Gasteiger partial charge on any atom is 0.227 e. The van der Waals surface area contributed by atoms with Gasteiger partial charge < -0.3 is 20.3 Å². The third-order valence-electron chi connectivity index (χ3n) is 5.47. The molecule has 1 saturated heterocycles. The molecule has 10 nitrogen and oxygen atoms in total. The first-order valence-electron chi connectivity index (χ1n) is 9.71. The highest BCUT2D eigenvalue weighted by molar-refractivity contribution is 7.88. The first-order valence-corrected chi connectivity index (χ1v) is 11.6. The van der Waals surface area contributed by atoms with Crippen LogP contribution >= 0.6 is 0 Å². The predicted octanol–water partition coefficient (Wildman–Crippen LogP) is 0.475. The normalized spacial score (nSPS) is 21.9. The number of aryl methyl sites for hydroxylation is 1. The number of hydrogen-bond acceptors (Lipinski definition) is 8. The van der Waals surface area contributed by atoms with Crippen LogP contribution < -0.4 is 10.6 Å². The topological polar surface area (TPSA) is 125 Å². The van der Waals surface area contributed by atoms with E-state index in [9.17, 15) is 13.5 Å². The van der Waals surface area contributed by atoms with E-state index in [4.69, 9.17) is 0 Å². The van der Waals surface area contributed by atoms with E-state index < -0.39 is 10.0 Å². The molecule has 0 unspecified atom stereocenters. The van der Waals surface area contributed by atoms with Gasteiger partial charge in [-0.25, -0.2) is 17.7 Å². The van der Waals surface area contributed by atoms with Crippen LogP contribution in [0.15, 0.2) is 6.33 Å². The fraction of sp³-hybridized carbons (Fsp3) is 0.706. The monoisotopic (exact) mass is 409 g/mol. The van der Waals surface area contributed by atoms with Crippen LogP contribution in [0.5, 0.6) is 0 Å². The molecule has 1 aliphatic carbocycles.